The Kier molecular flexibility index (Phi) is 5.75. The molecule has 2 aromatic rings. The molecule has 2 N–H and O–H groups in total. The van der Waals surface area contributed by atoms with E-state index in [0.29, 0.717) is 25.1 Å². The molecule has 4 atom stereocenters. The van der Waals surface area contributed by atoms with E-state index in [-0.39, 0.29) is 24.3 Å². The van der Waals surface area contributed by atoms with Crippen molar-refractivity contribution in [3.05, 3.63) is 36.5 Å². The Morgan fingerprint density at radius 1 is 1.11 bits per heavy atom. The molecular weight excluding hydrogens is 356 g/mol. The zero-order chi connectivity index (χ0) is 19.5. The second kappa shape index (κ2) is 8.43. The molecule has 7 heteroatoms. The largest absolute Gasteiger partial charge is 0.496 e. The molecule has 2 aliphatic rings. The number of para-hydroxylation sites is 1. The first-order valence-electron chi connectivity index (χ1n) is 9.85. The van der Waals surface area contributed by atoms with Gasteiger partial charge in [-0.15, -0.1) is 0 Å². The Hall–Kier alpha value is -2.22. The van der Waals surface area contributed by atoms with Crippen LogP contribution in [-0.4, -0.2) is 61.1 Å². The minimum atomic E-state index is 0.00294. The molecule has 7 nitrogen and oxygen atoms in total. The molecule has 3 heterocycles. The fourth-order valence-corrected chi connectivity index (χ4v) is 3.79. The fraction of sp³-hybridized carbons (Fsp3) is 0.524. The van der Waals surface area contributed by atoms with Crippen molar-refractivity contribution in [3.8, 4) is 17.0 Å². The number of anilines is 1. The second-order valence-corrected chi connectivity index (χ2v) is 7.72. The third-order valence-corrected chi connectivity index (χ3v) is 5.19. The maximum atomic E-state index is 6.03. The molecule has 0 bridgehead atoms. The van der Waals surface area contributed by atoms with E-state index in [2.05, 4.69) is 34.4 Å². The summed E-state index contributed by atoms with van der Waals surface area (Å²) < 4.78 is 17.5. The van der Waals surface area contributed by atoms with Crippen molar-refractivity contribution in [2.75, 3.05) is 32.2 Å². The van der Waals surface area contributed by atoms with E-state index in [1.807, 2.05) is 30.3 Å². The van der Waals surface area contributed by atoms with Crippen LogP contribution in [-0.2, 0) is 9.47 Å². The van der Waals surface area contributed by atoms with Crippen molar-refractivity contribution in [2.24, 2.45) is 5.92 Å². The van der Waals surface area contributed by atoms with Gasteiger partial charge in [-0.05, 0) is 30.7 Å². The van der Waals surface area contributed by atoms with E-state index in [9.17, 15) is 0 Å². The van der Waals surface area contributed by atoms with Gasteiger partial charge in [0.2, 0.25) is 5.95 Å². The Bertz CT molecular complexity index is 801. The number of nitrogens with zero attached hydrogens (tertiary/aromatic N) is 2. The fourth-order valence-electron chi connectivity index (χ4n) is 3.79. The van der Waals surface area contributed by atoms with Crippen LogP contribution < -0.4 is 15.4 Å². The molecule has 2 aliphatic heterocycles. The molecule has 4 unspecified atom stereocenters. The summed E-state index contributed by atoms with van der Waals surface area (Å²) >= 11 is 0. The van der Waals surface area contributed by atoms with E-state index < -0.39 is 0 Å². The summed E-state index contributed by atoms with van der Waals surface area (Å²) in [6.07, 6.45) is 1.82. The van der Waals surface area contributed by atoms with Gasteiger partial charge < -0.3 is 24.8 Å². The Morgan fingerprint density at radius 3 is 2.64 bits per heavy atom. The number of methoxy groups -OCH3 is 1. The van der Waals surface area contributed by atoms with E-state index >= 15 is 0 Å². The van der Waals surface area contributed by atoms with Gasteiger partial charge in [0, 0.05) is 11.8 Å². The molecule has 28 heavy (non-hydrogen) atoms. The number of ether oxygens (including phenoxy) is 3. The summed E-state index contributed by atoms with van der Waals surface area (Å²) in [5.41, 5.74) is 1.75. The molecule has 0 radical (unpaired) electrons. The number of aromatic nitrogens is 2. The lowest BCUT2D eigenvalue weighted by molar-refractivity contribution is 0.0674. The SMILES string of the molecule is COc1ccccc1-c1ccnc(NC2COC3C(NCC(C)C)COC23)n1. The summed E-state index contributed by atoms with van der Waals surface area (Å²) in [7, 11) is 1.66. The van der Waals surface area contributed by atoms with Crippen molar-refractivity contribution in [1.29, 1.82) is 0 Å². The molecule has 2 saturated heterocycles. The van der Waals surface area contributed by atoms with Crippen LogP contribution in [0.3, 0.4) is 0 Å². The molecule has 0 amide bonds. The van der Waals surface area contributed by atoms with Gasteiger partial charge in [0.25, 0.3) is 0 Å². The van der Waals surface area contributed by atoms with Crippen LogP contribution in [0.1, 0.15) is 13.8 Å². The van der Waals surface area contributed by atoms with Crippen LogP contribution in [0.25, 0.3) is 11.3 Å². The lowest BCUT2D eigenvalue weighted by atomic mass is 10.1. The average Bonchev–Trinajstić information content (AvgIpc) is 3.29. The number of hydrogen-bond acceptors (Lipinski definition) is 7. The van der Waals surface area contributed by atoms with Crippen LogP contribution in [0.4, 0.5) is 5.95 Å². The number of rotatable bonds is 7. The van der Waals surface area contributed by atoms with Gasteiger partial charge in [0.1, 0.15) is 18.0 Å². The third kappa shape index (κ3) is 3.97. The van der Waals surface area contributed by atoms with Crippen molar-refractivity contribution >= 4 is 5.95 Å². The topological polar surface area (TPSA) is 77.5 Å². The zero-order valence-corrected chi connectivity index (χ0v) is 16.6. The molecule has 1 aromatic heterocycles. The first kappa shape index (κ1) is 19.1. The molecule has 0 aliphatic carbocycles. The van der Waals surface area contributed by atoms with E-state index in [1.165, 1.54) is 0 Å². The van der Waals surface area contributed by atoms with Gasteiger partial charge in [-0.25, -0.2) is 9.97 Å². The molecule has 2 fully saturated rings. The second-order valence-electron chi connectivity index (χ2n) is 7.72. The number of fused-ring (bicyclic) bond motifs is 1. The molecular formula is C21H28N4O3. The van der Waals surface area contributed by atoms with Crippen molar-refractivity contribution in [1.82, 2.24) is 15.3 Å². The highest BCUT2D eigenvalue weighted by Gasteiger charge is 2.47. The highest BCUT2D eigenvalue weighted by molar-refractivity contribution is 5.67. The van der Waals surface area contributed by atoms with Gasteiger partial charge in [0.05, 0.1) is 38.1 Å². The van der Waals surface area contributed by atoms with Crippen LogP contribution in [0.5, 0.6) is 5.75 Å². The quantitative estimate of drug-likeness (QED) is 0.759. The van der Waals surface area contributed by atoms with Crippen molar-refractivity contribution < 1.29 is 14.2 Å². The van der Waals surface area contributed by atoms with E-state index in [1.54, 1.807) is 13.3 Å². The lowest BCUT2D eigenvalue weighted by Crippen LogP contribution is -2.43. The summed E-state index contributed by atoms with van der Waals surface area (Å²) in [6, 6.07) is 9.98. The minimum absolute atomic E-state index is 0.00294. The van der Waals surface area contributed by atoms with Gasteiger partial charge >= 0.3 is 0 Å². The maximum absolute atomic E-state index is 6.03. The monoisotopic (exact) mass is 384 g/mol. The maximum Gasteiger partial charge on any atom is 0.223 e. The summed E-state index contributed by atoms with van der Waals surface area (Å²) in [4.78, 5) is 9.07. The van der Waals surface area contributed by atoms with Gasteiger partial charge in [-0.1, -0.05) is 26.0 Å². The van der Waals surface area contributed by atoms with E-state index in [0.717, 1.165) is 23.6 Å². The van der Waals surface area contributed by atoms with Crippen LogP contribution in [0, 0.1) is 5.92 Å². The predicted molar refractivity (Wildman–Crippen MR) is 108 cm³/mol. The number of hydrogen-bond donors (Lipinski definition) is 2. The predicted octanol–water partition coefficient (Wildman–Crippen LogP) is 2.34. The van der Waals surface area contributed by atoms with Gasteiger partial charge in [-0.2, -0.15) is 0 Å². The molecule has 0 spiro atoms. The van der Waals surface area contributed by atoms with E-state index in [4.69, 9.17) is 14.2 Å². The van der Waals surface area contributed by atoms with Crippen LogP contribution >= 0.6 is 0 Å². The Labute approximate surface area is 165 Å². The highest BCUT2D eigenvalue weighted by atomic mass is 16.6. The highest BCUT2D eigenvalue weighted by Crippen LogP contribution is 2.30. The molecule has 0 saturated carbocycles. The van der Waals surface area contributed by atoms with Crippen molar-refractivity contribution in [3.63, 3.8) is 0 Å². The normalized spacial score (nSPS) is 26.4. The minimum Gasteiger partial charge on any atom is -0.496 e. The summed E-state index contributed by atoms with van der Waals surface area (Å²) in [6.45, 7) is 6.61. The average molecular weight is 384 g/mol. The molecule has 4 rings (SSSR count). The third-order valence-electron chi connectivity index (χ3n) is 5.19. The number of nitrogens with one attached hydrogen (secondary N) is 2. The number of benzene rings is 1. The Balaban J connectivity index is 1.44. The first-order valence-corrected chi connectivity index (χ1v) is 9.85. The van der Waals surface area contributed by atoms with Gasteiger partial charge in [-0.3, -0.25) is 0 Å². The van der Waals surface area contributed by atoms with Crippen LogP contribution in [0.15, 0.2) is 36.5 Å². The zero-order valence-electron chi connectivity index (χ0n) is 16.6. The summed E-state index contributed by atoms with van der Waals surface area (Å²) in [5.74, 6) is 1.95. The smallest absolute Gasteiger partial charge is 0.223 e. The lowest BCUT2D eigenvalue weighted by Gasteiger charge is -2.19. The van der Waals surface area contributed by atoms with Gasteiger partial charge in [0.15, 0.2) is 0 Å². The summed E-state index contributed by atoms with van der Waals surface area (Å²) in [5, 5.41) is 6.96. The molecule has 150 valence electrons. The van der Waals surface area contributed by atoms with Crippen molar-refractivity contribution in [2.45, 2.75) is 38.1 Å². The Morgan fingerprint density at radius 2 is 1.86 bits per heavy atom. The standard InChI is InChI=1S/C21H28N4O3/c1-13(2)10-23-16-11-27-20-17(12-28-19(16)20)25-21-22-9-8-15(24-21)14-6-4-5-7-18(14)26-3/h4-9,13,16-17,19-20,23H,10-12H2,1-3H3,(H,22,24,25). The molecule has 1 aromatic carbocycles. The van der Waals surface area contributed by atoms with Crippen LogP contribution in [0.2, 0.25) is 0 Å². The first-order chi connectivity index (χ1) is 13.7.